The van der Waals surface area contributed by atoms with Gasteiger partial charge in [0.2, 0.25) is 0 Å². The zero-order valence-corrected chi connectivity index (χ0v) is 15.8. The van der Waals surface area contributed by atoms with Crippen LogP contribution in [0.15, 0.2) is 42.6 Å². The predicted molar refractivity (Wildman–Crippen MR) is 103 cm³/mol. The first-order valence-corrected chi connectivity index (χ1v) is 9.55. The Morgan fingerprint density at radius 2 is 1.97 bits per heavy atom. The molecular formula is C19H16F3N3O3S. The highest BCUT2D eigenvalue weighted by Crippen LogP contribution is 2.40. The van der Waals surface area contributed by atoms with Crippen molar-refractivity contribution in [2.45, 2.75) is 6.18 Å². The Bertz CT molecular complexity index is 1030. The van der Waals surface area contributed by atoms with Gasteiger partial charge in [0.25, 0.3) is 0 Å². The molecule has 0 radical (unpaired) electrons. The summed E-state index contributed by atoms with van der Waals surface area (Å²) in [6.45, 7) is 1.58. The summed E-state index contributed by atoms with van der Waals surface area (Å²) in [5.74, 6) is -0.0716. The summed E-state index contributed by atoms with van der Waals surface area (Å²) in [5, 5.41) is 3.29. The van der Waals surface area contributed by atoms with Crippen molar-refractivity contribution in [2.24, 2.45) is 0 Å². The number of ether oxygens (including phenoxy) is 2. The standard InChI is InChI=1S/C19H16F3N3O3S/c20-19(21,22)15-10-13(24-18(26)25-5-7-27-8-6-25)1-3-16(15)28-14-2-4-17-12(9-14)11-23-29-17/h1-4,9-11H,5-8H2,(H,24,26). The van der Waals surface area contributed by atoms with Crippen molar-refractivity contribution in [2.75, 3.05) is 31.6 Å². The van der Waals surface area contributed by atoms with Gasteiger partial charge in [-0.1, -0.05) is 0 Å². The summed E-state index contributed by atoms with van der Waals surface area (Å²) in [7, 11) is 0. The number of carbonyl (C=O) groups excluding carboxylic acids is 1. The molecule has 0 saturated carbocycles. The number of amides is 2. The number of urea groups is 1. The third-order valence-electron chi connectivity index (χ3n) is 4.39. The van der Waals surface area contributed by atoms with Gasteiger partial charge in [0.15, 0.2) is 0 Å². The molecule has 2 aromatic carbocycles. The van der Waals surface area contributed by atoms with E-state index in [0.29, 0.717) is 26.3 Å². The minimum Gasteiger partial charge on any atom is -0.457 e. The average molecular weight is 423 g/mol. The molecule has 1 aromatic heterocycles. The van der Waals surface area contributed by atoms with Crippen LogP contribution in [0.5, 0.6) is 11.5 Å². The number of aromatic nitrogens is 1. The zero-order valence-electron chi connectivity index (χ0n) is 15.0. The van der Waals surface area contributed by atoms with E-state index in [-0.39, 0.29) is 17.2 Å². The van der Waals surface area contributed by atoms with Gasteiger partial charge in [0.05, 0.1) is 17.9 Å². The number of rotatable bonds is 3. The number of nitrogens with zero attached hydrogens (tertiary/aromatic N) is 2. The van der Waals surface area contributed by atoms with E-state index in [2.05, 4.69) is 9.69 Å². The molecule has 1 N–H and O–H groups in total. The molecule has 0 atom stereocenters. The smallest absolute Gasteiger partial charge is 0.420 e. The number of morpholine rings is 1. The van der Waals surface area contributed by atoms with E-state index in [4.69, 9.17) is 9.47 Å². The van der Waals surface area contributed by atoms with Gasteiger partial charge in [0.1, 0.15) is 17.1 Å². The van der Waals surface area contributed by atoms with Crippen LogP contribution >= 0.6 is 11.5 Å². The summed E-state index contributed by atoms with van der Waals surface area (Å²) in [6, 6.07) is 7.96. The zero-order chi connectivity index (χ0) is 20.4. The first kappa shape index (κ1) is 19.5. The average Bonchev–Trinajstić information content (AvgIpc) is 3.17. The molecule has 1 saturated heterocycles. The highest BCUT2D eigenvalue weighted by atomic mass is 32.1. The summed E-state index contributed by atoms with van der Waals surface area (Å²) < 4.78 is 56.4. The van der Waals surface area contributed by atoms with Gasteiger partial charge in [-0.15, -0.1) is 0 Å². The Kier molecular flexibility index (Phi) is 5.29. The monoisotopic (exact) mass is 423 g/mol. The summed E-state index contributed by atoms with van der Waals surface area (Å²) >= 11 is 1.29. The van der Waals surface area contributed by atoms with Crippen LogP contribution in [0.3, 0.4) is 0 Å². The number of nitrogens with one attached hydrogen (secondary N) is 1. The molecule has 10 heteroatoms. The van der Waals surface area contributed by atoms with Gasteiger partial charge >= 0.3 is 12.2 Å². The second-order valence-electron chi connectivity index (χ2n) is 6.37. The van der Waals surface area contributed by atoms with Crippen LogP contribution in [0, 0.1) is 0 Å². The Labute approximate surface area is 168 Å². The summed E-state index contributed by atoms with van der Waals surface area (Å²) in [4.78, 5) is 13.7. The van der Waals surface area contributed by atoms with E-state index in [0.717, 1.165) is 16.2 Å². The second-order valence-corrected chi connectivity index (χ2v) is 7.20. The van der Waals surface area contributed by atoms with Gasteiger partial charge in [-0.2, -0.15) is 17.5 Å². The van der Waals surface area contributed by atoms with Crippen LogP contribution in [0.2, 0.25) is 0 Å². The number of carbonyl (C=O) groups is 1. The highest BCUT2D eigenvalue weighted by molar-refractivity contribution is 7.13. The largest absolute Gasteiger partial charge is 0.457 e. The highest BCUT2D eigenvalue weighted by Gasteiger charge is 2.35. The third-order valence-corrected chi connectivity index (χ3v) is 5.17. The maximum atomic E-state index is 13.6. The quantitative estimate of drug-likeness (QED) is 0.646. The maximum absolute atomic E-state index is 13.6. The molecule has 2 amide bonds. The van der Waals surface area contributed by atoms with Crippen molar-refractivity contribution in [3.05, 3.63) is 48.2 Å². The molecule has 29 heavy (non-hydrogen) atoms. The summed E-state index contributed by atoms with van der Waals surface area (Å²) in [5.41, 5.74) is -0.931. The van der Waals surface area contributed by atoms with Crippen LogP contribution in [0.25, 0.3) is 10.1 Å². The van der Waals surface area contributed by atoms with E-state index in [1.165, 1.54) is 28.6 Å². The van der Waals surface area contributed by atoms with Gasteiger partial charge in [-0.05, 0) is 47.9 Å². The lowest BCUT2D eigenvalue weighted by Crippen LogP contribution is -2.43. The van der Waals surface area contributed by atoms with Crippen molar-refractivity contribution in [1.82, 2.24) is 9.27 Å². The Morgan fingerprint density at radius 3 is 2.72 bits per heavy atom. The normalized spacial score (nSPS) is 14.8. The van der Waals surface area contributed by atoms with Gasteiger partial charge in [0, 0.05) is 30.4 Å². The first-order chi connectivity index (χ1) is 13.9. The van der Waals surface area contributed by atoms with Crippen LogP contribution in [-0.4, -0.2) is 41.6 Å². The second kappa shape index (κ2) is 7.88. The minimum atomic E-state index is -4.65. The Hall–Kier alpha value is -2.85. The number of alkyl halides is 3. The van der Waals surface area contributed by atoms with E-state index in [9.17, 15) is 18.0 Å². The fraction of sp³-hybridized carbons (Fsp3) is 0.263. The van der Waals surface area contributed by atoms with Crippen LogP contribution < -0.4 is 10.1 Å². The molecular weight excluding hydrogens is 407 g/mol. The molecule has 1 aliphatic rings. The fourth-order valence-electron chi connectivity index (χ4n) is 2.93. The van der Waals surface area contributed by atoms with Crippen molar-refractivity contribution in [3.63, 3.8) is 0 Å². The molecule has 2 heterocycles. The predicted octanol–water partition coefficient (Wildman–Crippen LogP) is 4.97. The number of hydrogen-bond acceptors (Lipinski definition) is 5. The minimum absolute atomic E-state index is 0.0404. The van der Waals surface area contributed by atoms with E-state index in [1.54, 1.807) is 24.4 Å². The van der Waals surface area contributed by atoms with Gasteiger partial charge in [-0.3, -0.25) is 0 Å². The molecule has 0 aliphatic carbocycles. The SMILES string of the molecule is O=C(Nc1ccc(Oc2ccc3sncc3c2)c(C(F)(F)F)c1)N1CCOCC1. The lowest BCUT2D eigenvalue weighted by Gasteiger charge is -2.27. The molecule has 1 fully saturated rings. The number of benzene rings is 2. The van der Waals surface area contributed by atoms with E-state index < -0.39 is 17.8 Å². The first-order valence-electron chi connectivity index (χ1n) is 8.77. The van der Waals surface area contributed by atoms with Gasteiger partial charge in [-0.25, -0.2) is 4.79 Å². The molecule has 152 valence electrons. The number of anilines is 1. The number of fused-ring (bicyclic) bond motifs is 1. The third kappa shape index (κ3) is 4.43. The summed E-state index contributed by atoms with van der Waals surface area (Å²) in [6.07, 6.45) is -3.02. The number of hydrogen-bond donors (Lipinski definition) is 1. The molecule has 0 unspecified atom stereocenters. The van der Waals surface area contributed by atoms with Crippen molar-refractivity contribution < 1.29 is 27.4 Å². The molecule has 6 nitrogen and oxygen atoms in total. The lowest BCUT2D eigenvalue weighted by molar-refractivity contribution is -0.138. The molecule has 4 rings (SSSR count). The van der Waals surface area contributed by atoms with E-state index in [1.807, 2.05) is 0 Å². The van der Waals surface area contributed by atoms with E-state index >= 15 is 0 Å². The Balaban J connectivity index is 1.57. The molecule has 0 spiro atoms. The van der Waals surface area contributed by atoms with Crippen LogP contribution in [0.4, 0.5) is 23.7 Å². The molecule has 3 aromatic rings. The van der Waals surface area contributed by atoms with Crippen molar-refractivity contribution >= 4 is 33.3 Å². The fourth-order valence-corrected chi connectivity index (χ4v) is 3.55. The van der Waals surface area contributed by atoms with Crippen molar-refractivity contribution in [1.29, 1.82) is 0 Å². The van der Waals surface area contributed by atoms with Gasteiger partial charge < -0.3 is 19.7 Å². The lowest BCUT2D eigenvalue weighted by atomic mass is 10.1. The number of halogens is 3. The molecule has 1 aliphatic heterocycles. The van der Waals surface area contributed by atoms with Crippen LogP contribution in [0.1, 0.15) is 5.56 Å². The van der Waals surface area contributed by atoms with Crippen LogP contribution in [-0.2, 0) is 10.9 Å². The maximum Gasteiger partial charge on any atom is 0.420 e. The van der Waals surface area contributed by atoms with Crippen molar-refractivity contribution in [3.8, 4) is 11.5 Å². The Morgan fingerprint density at radius 1 is 1.17 bits per heavy atom. The molecule has 0 bridgehead atoms. The topological polar surface area (TPSA) is 63.7 Å².